The summed E-state index contributed by atoms with van der Waals surface area (Å²) in [5.41, 5.74) is 2.78. The van der Waals surface area contributed by atoms with Crippen LogP contribution in [0.4, 0.5) is 0 Å². The molecule has 0 aliphatic heterocycles. The van der Waals surface area contributed by atoms with Crippen molar-refractivity contribution in [2.24, 2.45) is 0 Å². The second-order valence-electron chi connectivity index (χ2n) is 5.37. The molecule has 2 heteroatoms. The number of hydrogen-bond acceptors (Lipinski definition) is 1. The van der Waals surface area contributed by atoms with E-state index < -0.39 is 18.4 Å². The Labute approximate surface area is 92.8 Å². The topological polar surface area (TPSA) is 17.1 Å². The quantitative estimate of drug-likeness (QED) is 0.553. The van der Waals surface area contributed by atoms with Gasteiger partial charge in [0.25, 0.3) is 0 Å². The zero-order chi connectivity index (χ0) is 11.4. The molecule has 0 aromatic heterocycles. The van der Waals surface area contributed by atoms with Crippen LogP contribution in [0.15, 0.2) is 11.1 Å². The fraction of sp³-hybridized carbons (Fsp3) is 0.750. The molecule has 0 bridgehead atoms. The first-order valence-corrected chi connectivity index (χ1v) is 16.0. The number of allylic oxidation sites excluding steroid dienone is 2. The molecule has 0 amide bonds. The maximum atomic E-state index is 11.3. The first-order chi connectivity index (χ1) is 6.26. The first kappa shape index (κ1) is 14.2. The molecule has 0 atom stereocenters. The zero-order valence-electron chi connectivity index (χ0n) is 10.5. The van der Waals surface area contributed by atoms with E-state index in [0.29, 0.717) is 18.6 Å². The van der Waals surface area contributed by atoms with E-state index in [0.717, 1.165) is 0 Å². The number of hydrogen-bond donors (Lipinski definition) is 0. The van der Waals surface area contributed by atoms with Crippen LogP contribution in [0.2, 0.25) is 19.3 Å². The van der Waals surface area contributed by atoms with E-state index in [1.165, 1.54) is 15.6 Å². The molecule has 82 valence electrons. The third-order valence-corrected chi connectivity index (χ3v) is 6.92. The van der Waals surface area contributed by atoms with Crippen molar-refractivity contribution in [3.8, 4) is 0 Å². The maximum absolute atomic E-state index is 11.3. The van der Waals surface area contributed by atoms with Gasteiger partial charge in [-0.15, -0.1) is 0 Å². The molecule has 0 heterocycles. The third kappa shape index (κ3) is 6.63. The summed E-state index contributed by atoms with van der Waals surface area (Å²) in [4.78, 5) is 18.6. The summed E-state index contributed by atoms with van der Waals surface area (Å²) in [7, 11) is 0. The van der Waals surface area contributed by atoms with Crippen molar-refractivity contribution in [2.45, 2.75) is 52.9 Å². The molecule has 1 nitrogen and oxygen atoms in total. The summed E-state index contributed by atoms with van der Waals surface area (Å²) >= 11 is -1.70. The van der Waals surface area contributed by atoms with Gasteiger partial charge in [0.2, 0.25) is 0 Å². The van der Waals surface area contributed by atoms with E-state index in [1.807, 2.05) is 6.92 Å². The molecule has 0 aliphatic carbocycles. The molecule has 0 N–H and O–H groups in total. The van der Waals surface area contributed by atoms with Gasteiger partial charge in [-0.3, -0.25) is 0 Å². The summed E-state index contributed by atoms with van der Waals surface area (Å²) in [5, 5.41) is 0. The van der Waals surface area contributed by atoms with Crippen LogP contribution >= 0.6 is 0 Å². The molecule has 14 heavy (non-hydrogen) atoms. The Morgan fingerprint density at radius 3 is 1.93 bits per heavy atom. The summed E-state index contributed by atoms with van der Waals surface area (Å²) in [6, 6.07) is 0. The van der Waals surface area contributed by atoms with Crippen LogP contribution in [0.3, 0.4) is 0 Å². The number of Topliss-reactive ketones (excluding diaryl/α,β-unsaturated/α-hetero) is 1. The van der Waals surface area contributed by atoms with Gasteiger partial charge < -0.3 is 0 Å². The van der Waals surface area contributed by atoms with Gasteiger partial charge in [0.1, 0.15) is 0 Å². The second kappa shape index (κ2) is 5.94. The van der Waals surface area contributed by atoms with E-state index in [4.69, 9.17) is 0 Å². The fourth-order valence-corrected chi connectivity index (χ4v) is 6.92. The SMILES string of the molecule is CCC(=O)C/C(C)=C(\C)[CH2][Sn]([CH3])([CH3])[CH3]. The molecule has 0 aromatic rings. The Bertz CT molecular complexity index is 233. The molecule has 0 saturated heterocycles. The summed E-state index contributed by atoms with van der Waals surface area (Å²) in [5.74, 6) is 0.367. The van der Waals surface area contributed by atoms with E-state index in [-0.39, 0.29) is 0 Å². The minimum absolute atomic E-state index is 0.367. The van der Waals surface area contributed by atoms with Crippen molar-refractivity contribution in [1.82, 2.24) is 0 Å². The van der Waals surface area contributed by atoms with Crippen LogP contribution in [0, 0.1) is 0 Å². The van der Waals surface area contributed by atoms with Crippen LogP contribution in [0.5, 0.6) is 0 Å². The summed E-state index contributed by atoms with van der Waals surface area (Å²) in [6.45, 7) is 6.24. The van der Waals surface area contributed by atoms with E-state index in [9.17, 15) is 4.79 Å². The Balaban J connectivity index is 4.37. The van der Waals surface area contributed by atoms with Crippen molar-refractivity contribution in [2.75, 3.05) is 0 Å². The number of ketones is 1. The Morgan fingerprint density at radius 2 is 1.57 bits per heavy atom. The van der Waals surface area contributed by atoms with Gasteiger partial charge in [0, 0.05) is 0 Å². The average Bonchev–Trinajstić information content (AvgIpc) is 2.00. The van der Waals surface area contributed by atoms with Crippen molar-refractivity contribution in [1.29, 1.82) is 0 Å². The Kier molecular flexibility index (Phi) is 6.03. The van der Waals surface area contributed by atoms with Crippen LogP contribution in [0.1, 0.15) is 33.6 Å². The zero-order valence-corrected chi connectivity index (χ0v) is 13.4. The number of carbonyl (C=O) groups is 1. The minimum atomic E-state index is -1.70. The molecule has 0 radical (unpaired) electrons. The van der Waals surface area contributed by atoms with E-state index in [1.54, 1.807) is 0 Å². The van der Waals surface area contributed by atoms with Crippen molar-refractivity contribution in [3.05, 3.63) is 11.1 Å². The Morgan fingerprint density at radius 1 is 1.07 bits per heavy atom. The standard InChI is InChI=1S/C9H15O.3CH3.Sn/c1-5-9(10)6-8(4)7(2)3;;;;/h2,5-6H2,1,3-4H3;3*1H3;/b8-7-;;;;. The van der Waals surface area contributed by atoms with Crippen LogP contribution < -0.4 is 0 Å². The number of carbonyl (C=O) groups excluding carboxylic acids is 1. The van der Waals surface area contributed by atoms with Gasteiger partial charge in [-0.05, 0) is 0 Å². The van der Waals surface area contributed by atoms with Crippen LogP contribution in [-0.2, 0) is 4.79 Å². The van der Waals surface area contributed by atoms with E-state index in [2.05, 4.69) is 28.7 Å². The Hall–Kier alpha value is 0.209. The second-order valence-corrected chi connectivity index (χ2v) is 21.0. The van der Waals surface area contributed by atoms with Gasteiger partial charge in [-0.25, -0.2) is 0 Å². The molecule has 0 saturated carbocycles. The van der Waals surface area contributed by atoms with Gasteiger partial charge in [0.05, 0.1) is 0 Å². The van der Waals surface area contributed by atoms with Gasteiger partial charge in [-0.2, -0.15) is 0 Å². The number of rotatable bonds is 5. The van der Waals surface area contributed by atoms with Gasteiger partial charge >= 0.3 is 93.0 Å². The summed E-state index contributed by atoms with van der Waals surface area (Å²) in [6.07, 6.45) is 1.34. The third-order valence-electron chi connectivity index (χ3n) is 2.38. The predicted molar refractivity (Wildman–Crippen MR) is 66.4 cm³/mol. The monoisotopic (exact) mass is 304 g/mol. The predicted octanol–water partition coefficient (Wildman–Crippen LogP) is 4.03. The van der Waals surface area contributed by atoms with Gasteiger partial charge in [0.15, 0.2) is 0 Å². The molecular formula is C12H24OSn. The van der Waals surface area contributed by atoms with Crippen molar-refractivity contribution in [3.63, 3.8) is 0 Å². The van der Waals surface area contributed by atoms with E-state index >= 15 is 0 Å². The molecule has 0 unspecified atom stereocenters. The molecule has 0 aromatic carbocycles. The molecular weight excluding hydrogens is 279 g/mol. The first-order valence-electron chi connectivity index (χ1n) is 5.43. The molecule has 0 rings (SSSR count). The molecule has 0 fully saturated rings. The molecule has 0 aliphatic rings. The van der Waals surface area contributed by atoms with Crippen LogP contribution in [-0.4, -0.2) is 24.2 Å². The fourth-order valence-electron chi connectivity index (χ4n) is 1.52. The van der Waals surface area contributed by atoms with Crippen molar-refractivity contribution < 1.29 is 4.79 Å². The van der Waals surface area contributed by atoms with Crippen molar-refractivity contribution >= 4 is 24.2 Å². The summed E-state index contributed by atoms with van der Waals surface area (Å²) < 4.78 is 1.29. The normalized spacial score (nSPS) is 13.9. The average molecular weight is 303 g/mol. The molecule has 0 spiro atoms. The van der Waals surface area contributed by atoms with Crippen LogP contribution in [0.25, 0.3) is 0 Å². The van der Waals surface area contributed by atoms with Gasteiger partial charge in [-0.1, -0.05) is 0 Å².